The molecule has 20 heavy (non-hydrogen) atoms. The molecule has 0 saturated carbocycles. The van der Waals surface area contributed by atoms with E-state index < -0.39 is 12.1 Å². The van der Waals surface area contributed by atoms with Gasteiger partial charge in [0, 0.05) is 6.54 Å². The fraction of sp³-hybridized carbons (Fsp3) is 0.562. The van der Waals surface area contributed by atoms with E-state index in [9.17, 15) is 9.90 Å². The highest BCUT2D eigenvalue weighted by atomic mass is 16.5. The normalized spacial score (nSPS) is 23.6. The molecule has 1 fully saturated rings. The van der Waals surface area contributed by atoms with Gasteiger partial charge in [-0.3, -0.25) is 9.69 Å². The summed E-state index contributed by atoms with van der Waals surface area (Å²) in [6, 6.07) is 5.77. The highest BCUT2D eigenvalue weighted by Gasteiger charge is 2.36. The van der Waals surface area contributed by atoms with Gasteiger partial charge in [0.1, 0.15) is 6.04 Å². The van der Waals surface area contributed by atoms with Crippen LogP contribution in [0.3, 0.4) is 0 Å². The molecule has 0 aliphatic carbocycles. The summed E-state index contributed by atoms with van der Waals surface area (Å²) in [5.74, 6) is -0.346. The lowest BCUT2D eigenvalue weighted by molar-refractivity contribution is -0.154. The third-order valence-electron chi connectivity index (χ3n) is 4.10. The van der Waals surface area contributed by atoms with Crippen LogP contribution in [0.5, 0.6) is 0 Å². The Kier molecular flexibility index (Phi) is 4.78. The third kappa shape index (κ3) is 3.19. The van der Waals surface area contributed by atoms with Crippen LogP contribution >= 0.6 is 0 Å². The van der Waals surface area contributed by atoms with Crippen LogP contribution in [0, 0.1) is 13.8 Å². The number of aliphatic hydroxyl groups excluding tert-OH is 1. The van der Waals surface area contributed by atoms with Crippen molar-refractivity contribution in [1.29, 1.82) is 0 Å². The first kappa shape index (κ1) is 15.0. The van der Waals surface area contributed by atoms with Crippen molar-refractivity contribution in [2.75, 3.05) is 13.7 Å². The molecule has 0 radical (unpaired) electrons. The SMILES string of the molecule is COC(=O)[C@H]1[C@@H](O)CCCN1Cc1ccc(C)c(C)c1. The van der Waals surface area contributed by atoms with E-state index in [1.54, 1.807) is 0 Å². The third-order valence-corrected chi connectivity index (χ3v) is 4.10. The maximum Gasteiger partial charge on any atom is 0.325 e. The second-order valence-electron chi connectivity index (χ2n) is 5.57. The number of esters is 1. The first-order valence-electron chi connectivity index (χ1n) is 7.09. The number of hydrogen-bond donors (Lipinski definition) is 1. The highest BCUT2D eigenvalue weighted by molar-refractivity contribution is 5.76. The Morgan fingerprint density at radius 1 is 1.40 bits per heavy atom. The second kappa shape index (κ2) is 6.37. The van der Waals surface area contributed by atoms with Crippen molar-refractivity contribution >= 4 is 5.97 Å². The van der Waals surface area contributed by atoms with E-state index in [1.807, 2.05) is 4.90 Å². The molecule has 1 aromatic carbocycles. The molecule has 0 aromatic heterocycles. The lowest BCUT2D eigenvalue weighted by atomic mass is 9.97. The molecule has 1 aliphatic rings. The summed E-state index contributed by atoms with van der Waals surface area (Å²) >= 11 is 0. The Morgan fingerprint density at radius 3 is 2.80 bits per heavy atom. The molecule has 110 valence electrons. The number of likely N-dealkylation sites (tertiary alicyclic amines) is 1. The number of ether oxygens (including phenoxy) is 1. The number of piperidine rings is 1. The van der Waals surface area contributed by atoms with Crippen LogP contribution in [0.4, 0.5) is 0 Å². The molecular weight excluding hydrogens is 254 g/mol. The average molecular weight is 277 g/mol. The van der Waals surface area contributed by atoms with Gasteiger partial charge in [-0.25, -0.2) is 0 Å². The van der Waals surface area contributed by atoms with Crippen molar-refractivity contribution in [3.63, 3.8) is 0 Å². The van der Waals surface area contributed by atoms with Crippen molar-refractivity contribution in [1.82, 2.24) is 4.90 Å². The monoisotopic (exact) mass is 277 g/mol. The average Bonchev–Trinajstić information content (AvgIpc) is 2.42. The minimum atomic E-state index is -0.636. The zero-order valence-electron chi connectivity index (χ0n) is 12.4. The summed E-state index contributed by atoms with van der Waals surface area (Å²) < 4.78 is 4.83. The van der Waals surface area contributed by atoms with E-state index in [1.165, 1.54) is 18.2 Å². The Bertz CT molecular complexity index is 487. The molecule has 0 spiro atoms. The number of methoxy groups -OCH3 is 1. The molecule has 1 saturated heterocycles. The fourth-order valence-electron chi connectivity index (χ4n) is 2.78. The van der Waals surface area contributed by atoms with Crippen LogP contribution in [-0.2, 0) is 16.1 Å². The number of carbonyl (C=O) groups excluding carboxylic acids is 1. The number of rotatable bonds is 3. The summed E-state index contributed by atoms with van der Waals surface area (Å²) in [5.41, 5.74) is 3.67. The quantitative estimate of drug-likeness (QED) is 0.856. The van der Waals surface area contributed by atoms with Crippen LogP contribution in [0.1, 0.15) is 29.5 Å². The van der Waals surface area contributed by atoms with Crippen molar-refractivity contribution in [2.24, 2.45) is 0 Å². The Morgan fingerprint density at radius 2 is 2.15 bits per heavy atom. The van der Waals surface area contributed by atoms with Gasteiger partial charge in [0.2, 0.25) is 0 Å². The molecule has 2 atom stereocenters. The van der Waals surface area contributed by atoms with Crippen molar-refractivity contribution in [2.45, 2.75) is 45.4 Å². The van der Waals surface area contributed by atoms with Crippen LogP contribution in [0.15, 0.2) is 18.2 Å². The van der Waals surface area contributed by atoms with E-state index in [2.05, 4.69) is 32.0 Å². The molecule has 0 bridgehead atoms. The molecule has 1 aliphatic heterocycles. The summed E-state index contributed by atoms with van der Waals surface area (Å²) in [7, 11) is 1.37. The minimum absolute atomic E-state index is 0.346. The molecule has 1 aromatic rings. The minimum Gasteiger partial charge on any atom is -0.468 e. The highest BCUT2D eigenvalue weighted by Crippen LogP contribution is 2.22. The maximum absolute atomic E-state index is 11.9. The van der Waals surface area contributed by atoms with Gasteiger partial charge in [0.25, 0.3) is 0 Å². The van der Waals surface area contributed by atoms with Crippen LogP contribution in [-0.4, -0.2) is 41.8 Å². The fourth-order valence-corrected chi connectivity index (χ4v) is 2.78. The van der Waals surface area contributed by atoms with Gasteiger partial charge in [-0.2, -0.15) is 0 Å². The van der Waals surface area contributed by atoms with E-state index in [0.29, 0.717) is 13.0 Å². The molecule has 4 heteroatoms. The largest absolute Gasteiger partial charge is 0.468 e. The van der Waals surface area contributed by atoms with Crippen LogP contribution in [0.2, 0.25) is 0 Å². The van der Waals surface area contributed by atoms with Crippen molar-refractivity contribution in [3.05, 3.63) is 34.9 Å². The molecule has 0 amide bonds. The summed E-state index contributed by atoms with van der Waals surface area (Å²) in [6.07, 6.45) is 0.922. The molecule has 1 heterocycles. The van der Waals surface area contributed by atoms with Gasteiger partial charge in [-0.05, 0) is 49.9 Å². The van der Waals surface area contributed by atoms with Gasteiger partial charge in [-0.1, -0.05) is 18.2 Å². The summed E-state index contributed by atoms with van der Waals surface area (Å²) in [5, 5.41) is 10.1. The molecule has 2 rings (SSSR count). The van der Waals surface area contributed by atoms with E-state index in [4.69, 9.17) is 4.74 Å². The van der Waals surface area contributed by atoms with Gasteiger partial charge in [0.15, 0.2) is 0 Å². The molecular formula is C16H23NO3. The van der Waals surface area contributed by atoms with Crippen LogP contribution in [0.25, 0.3) is 0 Å². The van der Waals surface area contributed by atoms with Crippen LogP contribution < -0.4 is 0 Å². The predicted octanol–water partition coefficient (Wildman–Crippen LogP) is 1.80. The standard InChI is InChI=1S/C16H23NO3/c1-11-6-7-13(9-12(11)2)10-17-8-4-5-14(18)15(17)16(19)20-3/h6-7,9,14-15,18H,4-5,8,10H2,1-3H3/t14-,15+/m0/s1. The van der Waals surface area contributed by atoms with Gasteiger partial charge >= 0.3 is 5.97 Å². The maximum atomic E-state index is 11.9. The first-order valence-corrected chi connectivity index (χ1v) is 7.09. The molecule has 1 N–H and O–H groups in total. The molecule has 4 nitrogen and oxygen atoms in total. The van der Waals surface area contributed by atoms with Crippen molar-refractivity contribution < 1.29 is 14.6 Å². The number of nitrogens with zero attached hydrogens (tertiary/aromatic N) is 1. The number of carbonyl (C=O) groups is 1. The second-order valence-corrected chi connectivity index (χ2v) is 5.57. The Balaban J connectivity index is 2.16. The Hall–Kier alpha value is -1.39. The number of benzene rings is 1. The smallest absolute Gasteiger partial charge is 0.325 e. The van der Waals surface area contributed by atoms with Gasteiger partial charge < -0.3 is 9.84 Å². The number of aryl methyl sites for hydroxylation is 2. The predicted molar refractivity (Wildman–Crippen MR) is 77.4 cm³/mol. The van der Waals surface area contributed by atoms with Gasteiger partial charge in [0.05, 0.1) is 13.2 Å². The summed E-state index contributed by atoms with van der Waals surface area (Å²) in [6.45, 7) is 5.64. The summed E-state index contributed by atoms with van der Waals surface area (Å²) in [4.78, 5) is 13.9. The molecule has 0 unspecified atom stereocenters. The van der Waals surface area contributed by atoms with E-state index in [0.717, 1.165) is 18.5 Å². The number of hydrogen-bond acceptors (Lipinski definition) is 4. The van der Waals surface area contributed by atoms with Gasteiger partial charge in [-0.15, -0.1) is 0 Å². The van der Waals surface area contributed by atoms with Crippen molar-refractivity contribution in [3.8, 4) is 0 Å². The number of aliphatic hydroxyl groups is 1. The van der Waals surface area contributed by atoms with E-state index >= 15 is 0 Å². The first-order chi connectivity index (χ1) is 9.52. The zero-order chi connectivity index (χ0) is 14.7. The lowest BCUT2D eigenvalue weighted by Crippen LogP contribution is -2.52. The Labute approximate surface area is 120 Å². The lowest BCUT2D eigenvalue weighted by Gasteiger charge is -2.37. The zero-order valence-corrected chi connectivity index (χ0v) is 12.4. The topological polar surface area (TPSA) is 49.8 Å². The van der Waals surface area contributed by atoms with E-state index in [-0.39, 0.29) is 5.97 Å².